The van der Waals surface area contributed by atoms with Gasteiger partial charge in [-0.1, -0.05) is 37.6 Å². The Morgan fingerprint density at radius 1 is 1.15 bits per heavy atom. The van der Waals surface area contributed by atoms with Crippen molar-refractivity contribution in [1.29, 1.82) is 0 Å². The van der Waals surface area contributed by atoms with Crippen LogP contribution in [0.2, 0.25) is 5.02 Å². The molecule has 1 aliphatic rings. The number of rotatable bonds is 6. The fraction of sp³-hybridized carbons (Fsp3) is 0.316. The van der Waals surface area contributed by atoms with Gasteiger partial charge < -0.3 is 5.32 Å². The molecule has 26 heavy (non-hydrogen) atoms. The molecule has 3 rings (SSSR count). The standard InChI is InChI=1S/C19H19ClN2O3S/c1-3-14-9-10-16(26-14)15(23)11-22-17(24)19(4-2,21-18(22)25)12-5-7-13(20)8-6-12/h5-10H,3-4,11H2,1-2H3,(H,21,25)/t19-/m1/s1. The lowest BCUT2D eigenvalue weighted by Gasteiger charge is -2.25. The predicted molar refractivity (Wildman–Crippen MR) is 102 cm³/mol. The number of hydrogen-bond acceptors (Lipinski definition) is 4. The maximum absolute atomic E-state index is 13.0. The van der Waals surface area contributed by atoms with Gasteiger partial charge in [0, 0.05) is 9.90 Å². The molecular weight excluding hydrogens is 372 g/mol. The number of aryl methyl sites for hydroxylation is 1. The van der Waals surface area contributed by atoms with Gasteiger partial charge in [-0.25, -0.2) is 4.79 Å². The van der Waals surface area contributed by atoms with E-state index in [1.165, 1.54) is 11.3 Å². The van der Waals surface area contributed by atoms with Crippen molar-refractivity contribution < 1.29 is 14.4 Å². The Hall–Kier alpha value is -2.18. The van der Waals surface area contributed by atoms with Crippen LogP contribution in [0.25, 0.3) is 0 Å². The minimum Gasteiger partial charge on any atom is -0.319 e. The van der Waals surface area contributed by atoms with Crippen LogP contribution in [-0.2, 0) is 16.8 Å². The van der Waals surface area contributed by atoms with Crippen LogP contribution in [0.15, 0.2) is 36.4 Å². The van der Waals surface area contributed by atoms with Gasteiger partial charge in [0.2, 0.25) is 0 Å². The largest absolute Gasteiger partial charge is 0.325 e. The lowest BCUT2D eigenvalue weighted by molar-refractivity contribution is -0.131. The van der Waals surface area contributed by atoms with Crippen LogP contribution in [0.4, 0.5) is 4.79 Å². The normalized spacial score (nSPS) is 19.7. The lowest BCUT2D eigenvalue weighted by Crippen LogP contribution is -2.43. The number of thiophene rings is 1. The number of carbonyl (C=O) groups is 3. The smallest absolute Gasteiger partial charge is 0.319 e. The zero-order valence-electron chi connectivity index (χ0n) is 14.5. The molecule has 5 nitrogen and oxygen atoms in total. The van der Waals surface area contributed by atoms with E-state index in [0.29, 0.717) is 21.9 Å². The van der Waals surface area contributed by atoms with Crippen LogP contribution in [0.1, 0.15) is 40.4 Å². The summed E-state index contributed by atoms with van der Waals surface area (Å²) in [5.74, 6) is -0.644. The van der Waals surface area contributed by atoms with E-state index >= 15 is 0 Å². The number of nitrogens with zero attached hydrogens (tertiary/aromatic N) is 1. The van der Waals surface area contributed by atoms with Crippen molar-refractivity contribution in [2.24, 2.45) is 0 Å². The number of nitrogens with one attached hydrogen (secondary N) is 1. The number of Topliss-reactive ketones (excluding diaryl/α,β-unsaturated/α-hetero) is 1. The van der Waals surface area contributed by atoms with Gasteiger partial charge in [-0.15, -0.1) is 11.3 Å². The first-order valence-corrected chi connectivity index (χ1v) is 9.62. The molecule has 0 bridgehead atoms. The minimum absolute atomic E-state index is 0.235. The van der Waals surface area contributed by atoms with Crippen LogP contribution in [0.5, 0.6) is 0 Å². The summed E-state index contributed by atoms with van der Waals surface area (Å²) in [4.78, 5) is 40.7. The van der Waals surface area contributed by atoms with E-state index < -0.39 is 17.5 Å². The first-order valence-electron chi connectivity index (χ1n) is 8.43. The van der Waals surface area contributed by atoms with E-state index in [1.54, 1.807) is 30.3 Å². The third-order valence-electron chi connectivity index (χ3n) is 4.63. The molecule has 0 saturated carbocycles. The van der Waals surface area contributed by atoms with E-state index in [0.717, 1.165) is 16.2 Å². The molecule has 2 heterocycles. The van der Waals surface area contributed by atoms with Crippen LogP contribution in [0.3, 0.4) is 0 Å². The molecule has 1 aromatic heterocycles. The van der Waals surface area contributed by atoms with E-state index in [2.05, 4.69) is 5.32 Å². The lowest BCUT2D eigenvalue weighted by atomic mass is 9.87. The molecule has 0 radical (unpaired) electrons. The Labute approximate surface area is 161 Å². The van der Waals surface area contributed by atoms with Gasteiger partial charge in [0.05, 0.1) is 11.4 Å². The number of urea groups is 1. The summed E-state index contributed by atoms with van der Waals surface area (Å²) >= 11 is 7.32. The summed E-state index contributed by atoms with van der Waals surface area (Å²) in [6, 6.07) is 9.90. The second-order valence-corrected chi connectivity index (χ2v) is 7.73. The Bertz CT molecular complexity index is 862. The Morgan fingerprint density at radius 3 is 2.42 bits per heavy atom. The molecule has 0 spiro atoms. The van der Waals surface area contributed by atoms with Crippen molar-refractivity contribution in [3.05, 3.63) is 56.7 Å². The zero-order valence-corrected chi connectivity index (χ0v) is 16.1. The van der Waals surface area contributed by atoms with Crippen LogP contribution in [-0.4, -0.2) is 29.2 Å². The summed E-state index contributed by atoms with van der Waals surface area (Å²) < 4.78 is 0. The number of ketones is 1. The molecule has 2 aromatic rings. The molecule has 136 valence electrons. The average molecular weight is 391 g/mol. The van der Waals surface area contributed by atoms with E-state index in [-0.39, 0.29) is 12.3 Å². The van der Waals surface area contributed by atoms with Crippen LogP contribution >= 0.6 is 22.9 Å². The van der Waals surface area contributed by atoms with Gasteiger partial charge in [0.15, 0.2) is 5.78 Å². The number of benzene rings is 1. The number of halogens is 1. The topological polar surface area (TPSA) is 66.5 Å². The van der Waals surface area contributed by atoms with Gasteiger partial charge >= 0.3 is 6.03 Å². The second kappa shape index (κ2) is 7.21. The average Bonchev–Trinajstić information content (AvgIpc) is 3.21. The molecule has 1 fully saturated rings. The van der Waals surface area contributed by atoms with Gasteiger partial charge in [0.1, 0.15) is 5.54 Å². The number of carbonyl (C=O) groups excluding carboxylic acids is 3. The number of amides is 3. The second-order valence-electron chi connectivity index (χ2n) is 6.13. The monoisotopic (exact) mass is 390 g/mol. The molecule has 3 amide bonds. The number of hydrogen-bond donors (Lipinski definition) is 1. The molecule has 1 aromatic carbocycles. The molecule has 1 N–H and O–H groups in total. The third-order valence-corrected chi connectivity index (χ3v) is 6.15. The summed E-state index contributed by atoms with van der Waals surface area (Å²) in [6.07, 6.45) is 1.22. The van der Waals surface area contributed by atoms with E-state index in [9.17, 15) is 14.4 Å². The molecule has 7 heteroatoms. The summed E-state index contributed by atoms with van der Waals surface area (Å²) in [7, 11) is 0. The van der Waals surface area contributed by atoms with Gasteiger partial charge in [-0.05, 0) is 42.7 Å². The molecule has 1 aliphatic heterocycles. The molecule has 1 atom stereocenters. The Balaban J connectivity index is 1.85. The fourth-order valence-electron chi connectivity index (χ4n) is 3.08. The van der Waals surface area contributed by atoms with Crippen LogP contribution < -0.4 is 5.32 Å². The van der Waals surface area contributed by atoms with Crippen LogP contribution in [0, 0.1) is 0 Å². The van der Waals surface area contributed by atoms with Gasteiger partial charge in [-0.3, -0.25) is 14.5 Å². The van der Waals surface area contributed by atoms with Crippen molar-refractivity contribution >= 4 is 40.7 Å². The molecule has 0 aliphatic carbocycles. The zero-order chi connectivity index (χ0) is 18.9. The first-order chi connectivity index (χ1) is 12.4. The summed E-state index contributed by atoms with van der Waals surface area (Å²) in [5.41, 5.74) is -0.506. The van der Waals surface area contributed by atoms with E-state index in [4.69, 9.17) is 11.6 Å². The van der Waals surface area contributed by atoms with Gasteiger partial charge in [-0.2, -0.15) is 0 Å². The Kier molecular flexibility index (Phi) is 5.16. The quantitative estimate of drug-likeness (QED) is 0.598. The van der Waals surface area contributed by atoms with Crippen molar-refractivity contribution in [3.8, 4) is 0 Å². The minimum atomic E-state index is -1.16. The van der Waals surface area contributed by atoms with Crippen molar-refractivity contribution in [2.45, 2.75) is 32.2 Å². The summed E-state index contributed by atoms with van der Waals surface area (Å²) in [5, 5.41) is 3.32. The predicted octanol–water partition coefficient (Wildman–Crippen LogP) is 4.00. The fourth-order valence-corrected chi connectivity index (χ4v) is 4.09. The molecule has 1 saturated heterocycles. The SMILES string of the molecule is CCc1ccc(C(=O)CN2C(=O)N[C@](CC)(c3ccc(Cl)cc3)C2=O)s1. The van der Waals surface area contributed by atoms with E-state index in [1.807, 2.05) is 19.9 Å². The highest BCUT2D eigenvalue weighted by Crippen LogP contribution is 2.33. The first kappa shape index (κ1) is 18.6. The summed E-state index contributed by atoms with van der Waals surface area (Å²) in [6.45, 7) is 3.58. The highest BCUT2D eigenvalue weighted by Gasteiger charge is 2.51. The van der Waals surface area contributed by atoms with Crippen molar-refractivity contribution in [1.82, 2.24) is 10.2 Å². The highest BCUT2D eigenvalue weighted by atomic mass is 35.5. The highest BCUT2D eigenvalue weighted by molar-refractivity contribution is 7.14. The third kappa shape index (κ3) is 3.15. The molecular formula is C19H19ClN2O3S. The Morgan fingerprint density at radius 2 is 1.85 bits per heavy atom. The number of imide groups is 1. The maximum atomic E-state index is 13.0. The van der Waals surface area contributed by atoms with Crippen molar-refractivity contribution in [2.75, 3.05) is 6.54 Å². The maximum Gasteiger partial charge on any atom is 0.325 e. The van der Waals surface area contributed by atoms with Gasteiger partial charge in [0.25, 0.3) is 5.91 Å². The molecule has 0 unspecified atom stereocenters. The van der Waals surface area contributed by atoms with Crippen molar-refractivity contribution in [3.63, 3.8) is 0 Å².